The average molecular weight is 333 g/mol. The molecular formula is C15H19N5O2S. The maximum atomic E-state index is 11.6. The smallest absolute Gasteiger partial charge is 0.173 e. The molecule has 1 fully saturated rings. The first-order chi connectivity index (χ1) is 11.0. The second-order valence-corrected chi connectivity index (χ2v) is 8.26. The number of aromatic nitrogens is 4. The van der Waals surface area contributed by atoms with E-state index >= 15 is 0 Å². The topological polar surface area (TPSA) is 89.8 Å². The lowest BCUT2D eigenvalue weighted by Crippen LogP contribution is -2.22. The Morgan fingerprint density at radius 2 is 2.04 bits per heavy atom. The molecule has 122 valence electrons. The van der Waals surface area contributed by atoms with Gasteiger partial charge in [0.1, 0.15) is 11.6 Å². The fraction of sp³-hybridized carbons (Fsp3) is 0.533. The van der Waals surface area contributed by atoms with E-state index in [4.69, 9.17) is 9.97 Å². The van der Waals surface area contributed by atoms with Gasteiger partial charge in [-0.3, -0.25) is 4.68 Å². The molecule has 0 unspecified atom stereocenters. The Balaban J connectivity index is 1.73. The zero-order valence-corrected chi connectivity index (χ0v) is 13.8. The fourth-order valence-corrected chi connectivity index (χ4v) is 4.59. The molecule has 1 aliphatic heterocycles. The standard InChI is InChI=1S/C15H19N5O2S/c1-20-15-12(8-16-20)14(17-11-6-7-23(21,22)9-11)18-13(19-15)10-4-2-3-5-10/h6-8,10-11H,2-5,9H2,1H3,(H,17,18,19)/t11-/m0/s1. The Bertz CT molecular complexity index is 881. The molecule has 0 amide bonds. The van der Waals surface area contributed by atoms with Crippen LogP contribution in [0.1, 0.15) is 37.4 Å². The highest BCUT2D eigenvalue weighted by Gasteiger charge is 2.25. The summed E-state index contributed by atoms with van der Waals surface area (Å²) in [4.78, 5) is 9.40. The molecule has 2 aliphatic rings. The molecule has 0 saturated heterocycles. The summed E-state index contributed by atoms with van der Waals surface area (Å²) in [6.45, 7) is 0. The minimum Gasteiger partial charge on any atom is -0.362 e. The maximum absolute atomic E-state index is 11.6. The van der Waals surface area contributed by atoms with E-state index in [1.54, 1.807) is 17.0 Å². The van der Waals surface area contributed by atoms with E-state index in [-0.39, 0.29) is 11.8 Å². The van der Waals surface area contributed by atoms with Gasteiger partial charge in [0.2, 0.25) is 0 Å². The van der Waals surface area contributed by atoms with Gasteiger partial charge in [0.15, 0.2) is 15.5 Å². The number of anilines is 1. The summed E-state index contributed by atoms with van der Waals surface area (Å²) < 4.78 is 24.9. The average Bonchev–Trinajstić information content (AvgIpc) is 3.21. The highest BCUT2D eigenvalue weighted by atomic mass is 32.2. The molecule has 0 radical (unpaired) electrons. The van der Waals surface area contributed by atoms with Crippen LogP contribution < -0.4 is 5.32 Å². The Labute approximate surface area is 134 Å². The van der Waals surface area contributed by atoms with E-state index < -0.39 is 9.84 Å². The number of nitrogens with zero attached hydrogens (tertiary/aromatic N) is 4. The lowest BCUT2D eigenvalue weighted by Gasteiger charge is -2.15. The third kappa shape index (κ3) is 2.71. The molecule has 1 N–H and O–H groups in total. The third-order valence-corrected chi connectivity index (χ3v) is 5.98. The zero-order chi connectivity index (χ0) is 16.0. The van der Waals surface area contributed by atoms with Crippen LogP contribution in [0.5, 0.6) is 0 Å². The van der Waals surface area contributed by atoms with Crippen LogP contribution in [-0.4, -0.2) is 40.0 Å². The molecule has 0 bridgehead atoms. The Morgan fingerprint density at radius 1 is 1.26 bits per heavy atom. The zero-order valence-electron chi connectivity index (χ0n) is 12.9. The molecule has 1 aliphatic carbocycles. The minimum atomic E-state index is -3.10. The van der Waals surface area contributed by atoms with Crippen LogP contribution >= 0.6 is 0 Å². The summed E-state index contributed by atoms with van der Waals surface area (Å²) in [5.74, 6) is 1.97. The first-order valence-electron chi connectivity index (χ1n) is 7.89. The first kappa shape index (κ1) is 14.6. The van der Waals surface area contributed by atoms with E-state index in [1.165, 1.54) is 18.2 Å². The highest BCUT2D eigenvalue weighted by molar-refractivity contribution is 7.94. The summed E-state index contributed by atoms with van der Waals surface area (Å²) in [5.41, 5.74) is 0.786. The van der Waals surface area contributed by atoms with E-state index in [0.29, 0.717) is 11.7 Å². The lowest BCUT2D eigenvalue weighted by molar-refractivity contribution is 0.605. The third-order valence-electron chi connectivity index (χ3n) is 4.58. The van der Waals surface area contributed by atoms with Crippen LogP contribution in [0.25, 0.3) is 11.0 Å². The van der Waals surface area contributed by atoms with Crippen molar-refractivity contribution < 1.29 is 8.42 Å². The van der Waals surface area contributed by atoms with Gasteiger partial charge in [-0.2, -0.15) is 5.10 Å². The predicted molar refractivity (Wildman–Crippen MR) is 87.9 cm³/mol. The van der Waals surface area contributed by atoms with E-state index in [1.807, 2.05) is 7.05 Å². The Morgan fingerprint density at radius 3 is 2.74 bits per heavy atom. The Kier molecular flexibility index (Phi) is 3.37. The van der Waals surface area contributed by atoms with Crippen molar-refractivity contribution in [3.8, 4) is 0 Å². The molecule has 23 heavy (non-hydrogen) atoms. The van der Waals surface area contributed by atoms with Crippen molar-refractivity contribution in [2.24, 2.45) is 7.05 Å². The molecule has 0 spiro atoms. The van der Waals surface area contributed by atoms with Gasteiger partial charge in [-0.25, -0.2) is 18.4 Å². The molecule has 1 atom stereocenters. The van der Waals surface area contributed by atoms with Crippen molar-refractivity contribution in [3.63, 3.8) is 0 Å². The Hall–Kier alpha value is -1.96. The summed E-state index contributed by atoms with van der Waals surface area (Å²) in [6.07, 6.45) is 8.05. The molecular weight excluding hydrogens is 314 g/mol. The molecule has 2 aromatic heterocycles. The van der Waals surface area contributed by atoms with Gasteiger partial charge >= 0.3 is 0 Å². The van der Waals surface area contributed by atoms with Gasteiger partial charge in [-0.05, 0) is 18.9 Å². The lowest BCUT2D eigenvalue weighted by atomic mass is 10.1. The number of fused-ring (bicyclic) bond motifs is 1. The van der Waals surface area contributed by atoms with Gasteiger partial charge in [0.25, 0.3) is 0 Å². The quantitative estimate of drug-likeness (QED) is 0.920. The van der Waals surface area contributed by atoms with Crippen LogP contribution in [0.3, 0.4) is 0 Å². The summed E-state index contributed by atoms with van der Waals surface area (Å²) in [6, 6.07) is -0.255. The van der Waals surface area contributed by atoms with E-state index in [0.717, 1.165) is 29.7 Å². The summed E-state index contributed by atoms with van der Waals surface area (Å²) >= 11 is 0. The van der Waals surface area contributed by atoms with Crippen molar-refractivity contribution >= 4 is 26.7 Å². The van der Waals surface area contributed by atoms with Gasteiger partial charge in [-0.15, -0.1) is 0 Å². The van der Waals surface area contributed by atoms with Gasteiger partial charge in [0.05, 0.1) is 23.4 Å². The maximum Gasteiger partial charge on any atom is 0.173 e. The molecule has 3 heterocycles. The molecule has 0 aromatic carbocycles. The molecule has 8 heteroatoms. The molecule has 2 aromatic rings. The predicted octanol–water partition coefficient (Wildman–Crippen LogP) is 1.74. The molecule has 7 nitrogen and oxygen atoms in total. The van der Waals surface area contributed by atoms with Crippen LogP contribution in [0.2, 0.25) is 0 Å². The van der Waals surface area contributed by atoms with Gasteiger partial charge < -0.3 is 5.32 Å². The second-order valence-electron chi connectivity index (χ2n) is 6.33. The normalized spacial score (nSPS) is 23.8. The number of hydrogen-bond donors (Lipinski definition) is 1. The highest BCUT2D eigenvalue weighted by Crippen LogP contribution is 2.34. The van der Waals surface area contributed by atoms with Crippen LogP contribution in [-0.2, 0) is 16.9 Å². The molecule has 1 saturated carbocycles. The van der Waals surface area contributed by atoms with Crippen molar-refractivity contribution in [1.82, 2.24) is 19.7 Å². The van der Waals surface area contributed by atoms with Gasteiger partial charge in [0, 0.05) is 18.4 Å². The number of rotatable bonds is 3. The monoisotopic (exact) mass is 333 g/mol. The van der Waals surface area contributed by atoms with E-state index in [9.17, 15) is 8.42 Å². The van der Waals surface area contributed by atoms with Gasteiger partial charge in [-0.1, -0.05) is 12.8 Å². The summed E-state index contributed by atoms with van der Waals surface area (Å²) in [5, 5.41) is 9.61. The SMILES string of the molecule is Cn1ncc2c(N[C@H]3C=CS(=O)(=O)C3)nc(C3CCCC3)nc21. The van der Waals surface area contributed by atoms with Crippen LogP contribution in [0, 0.1) is 0 Å². The summed E-state index contributed by atoms with van der Waals surface area (Å²) in [7, 11) is -1.24. The van der Waals surface area contributed by atoms with Crippen molar-refractivity contribution in [2.75, 3.05) is 11.1 Å². The second kappa shape index (κ2) is 5.30. The van der Waals surface area contributed by atoms with Crippen LogP contribution in [0.4, 0.5) is 5.82 Å². The van der Waals surface area contributed by atoms with Crippen molar-refractivity contribution in [2.45, 2.75) is 37.6 Å². The number of sulfone groups is 1. The van der Waals surface area contributed by atoms with Crippen LogP contribution in [0.15, 0.2) is 17.7 Å². The van der Waals surface area contributed by atoms with Crippen molar-refractivity contribution in [3.05, 3.63) is 23.5 Å². The first-order valence-corrected chi connectivity index (χ1v) is 9.60. The van der Waals surface area contributed by atoms with E-state index in [2.05, 4.69) is 10.4 Å². The fourth-order valence-electron chi connectivity index (χ4n) is 3.36. The minimum absolute atomic E-state index is 0.0670. The number of nitrogens with one attached hydrogen (secondary N) is 1. The number of aryl methyl sites for hydroxylation is 1. The number of hydrogen-bond acceptors (Lipinski definition) is 6. The van der Waals surface area contributed by atoms with Crippen molar-refractivity contribution in [1.29, 1.82) is 0 Å². The largest absolute Gasteiger partial charge is 0.362 e. The molecule has 4 rings (SSSR count).